The summed E-state index contributed by atoms with van der Waals surface area (Å²) >= 11 is 1.29. The average molecular weight is 279 g/mol. The van der Waals surface area contributed by atoms with Gasteiger partial charge in [0, 0.05) is 12.0 Å². The fourth-order valence-corrected chi connectivity index (χ4v) is 3.15. The van der Waals surface area contributed by atoms with Crippen LogP contribution in [0, 0.1) is 0 Å². The van der Waals surface area contributed by atoms with Crippen LogP contribution in [0.15, 0.2) is 0 Å². The van der Waals surface area contributed by atoms with Crippen LogP contribution in [0.5, 0.6) is 0 Å². The Kier molecular flexibility index (Phi) is 3.22. The van der Waals surface area contributed by atoms with Gasteiger partial charge in [0.1, 0.15) is 0 Å². The lowest BCUT2D eigenvalue weighted by Crippen LogP contribution is -2.32. The maximum atomic E-state index is 12.1. The van der Waals surface area contributed by atoms with Gasteiger partial charge in [-0.2, -0.15) is 4.52 Å². The Morgan fingerprint density at radius 2 is 2.11 bits per heavy atom. The van der Waals surface area contributed by atoms with Gasteiger partial charge in [-0.15, -0.1) is 15.3 Å². The van der Waals surface area contributed by atoms with E-state index in [0.29, 0.717) is 16.0 Å². The Labute approximate surface area is 115 Å². The summed E-state index contributed by atoms with van der Waals surface area (Å²) in [7, 11) is 0. The second-order valence-corrected chi connectivity index (χ2v) is 6.23. The maximum absolute atomic E-state index is 12.1. The van der Waals surface area contributed by atoms with Crippen molar-refractivity contribution in [2.24, 2.45) is 0 Å². The van der Waals surface area contributed by atoms with Gasteiger partial charge in [0.25, 0.3) is 5.91 Å². The molecule has 19 heavy (non-hydrogen) atoms. The minimum Gasteiger partial charge on any atom is -0.347 e. The third kappa shape index (κ3) is 2.34. The van der Waals surface area contributed by atoms with Gasteiger partial charge in [-0.25, -0.2) is 0 Å². The van der Waals surface area contributed by atoms with Gasteiger partial charge in [0.05, 0.1) is 0 Å². The van der Waals surface area contributed by atoms with Crippen LogP contribution in [-0.2, 0) is 0 Å². The number of aromatic nitrogens is 4. The predicted octanol–water partition coefficient (Wildman–Crippen LogP) is 1.98. The van der Waals surface area contributed by atoms with E-state index in [9.17, 15) is 4.79 Å². The lowest BCUT2D eigenvalue weighted by atomic mass is 10.2. The van der Waals surface area contributed by atoms with Crippen molar-refractivity contribution >= 4 is 22.2 Å². The molecule has 3 rings (SSSR count). The molecule has 1 saturated carbocycles. The summed E-state index contributed by atoms with van der Waals surface area (Å²) in [5, 5.41) is 16.0. The third-order valence-corrected chi connectivity index (χ3v) is 4.31. The number of carbonyl (C=O) groups excluding carboxylic acids is 1. The summed E-state index contributed by atoms with van der Waals surface area (Å²) in [4.78, 5) is 12.8. The number of nitrogens with one attached hydrogen (secondary N) is 1. The Hall–Kier alpha value is -1.50. The van der Waals surface area contributed by atoms with E-state index < -0.39 is 0 Å². The third-order valence-electron chi connectivity index (χ3n) is 3.42. The van der Waals surface area contributed by atoms with Crippen LogP contribution >= 0.6 is 11.3 Å². The quantitative estimate of drug-likeness (QED) is 0.932. The molecule has 2 aromatic rings. The molecule has 1 fully saturated rings. The predicted molar refractivity (Wildman–Crippen MR) is 72.5 cm³/mol. The molecule has 6 nitrogen and oxygen atoms in total. The summed E-state index contributed by atoms with van der Waals surface area (Å²) in [5.41, 5.74) is 0. The molecule has 0 radical (unpaired) electrons. The fraction of sp³-hybridized carbons (Fsp3) is 0.667. The van der Waals surface area contributed by atoms with Crippen molar-refractivity contribution in [1.29, 1.82) is 0 Å². The molecule has 0 aliphatic heterocycles. The van der Waals surface area contributed by atoms with Gasteiger partial charge in [0.15, 0.2) is 5.82 Å². The molecule has 1 aliphatic carbocycles. The zero-order valence-corrected chi connectivity index (χ0v) is 11.9. The topological polar surface area (TPSA) is 72.2 Å². The number of fused-ring (bicyclic) bond motifs is 1. The Balaban J connectivity index is 1.82. The van der Waals surface area contributed by atoms with Crippen LogP contribution in [0.25, 0.3) is 4.96 Å². The number of nitrogens with zero attached hydrogens (tertiary/aromatic N) is 4. The van der Waals surface area contributed by atoms with Crippen molar-refractivity contribution in [1.82, 2.24) is 25.1 Å². The number of amides is 1. The van der Waals surface area contributed by atoms with Gasteiger partial charge in [-0.1, -0.05) is 38.0 Å². The Morgan fingerprint density at radius 1 is 1.37 bits per heavy atom. The van der Waals surface area contributed by atoms with Gasteiger partial charge in [-0.05, 0) is 12.8 Å². The van der Waals surface area contributed by atoms with Crippen molar-refractivity contribution in [2.45, 2.75) is 51.5 Å². The van der Waals surface area contributed by atoms with Crippen LogP contribution in [0.1, 0.15) is 61.1 Å². The van der Waals surface area contributed by atoms with E-state index in [0.717, 1.165) is 18.7 Å². The molecule has 1 amide bonds. The second kappa shape index (κ2) is 4.88. The fourth-order valence-electron chi connectivity index (χ4n) is 2.40. The van der Waals surface area contributed by atoms with E-state index in [2.05, 4.69) is 20.6 Å². The smallest absolute Gasteiger partial charge is 0.282 e. The normalized spacial score (nSPS) is 16.6. The first-order chi connectivity index (χ1) is 9.15. The van der Waals surface area contributed by atoms with Crippen molar-refractivity contribution in [3.63, 3.8) is 0 Å². The summed E-state index contributed by atoms with van der Waals surface area (Å²) in [6.45, 7) is 4.07. The second-order valence-electron chi connectivity index (χ2n) is 5.27. The molecular formula is C12H17N5OS. The highest BCUT2D eigenvalue weighted by Crippen LogP contribution is 2.21. The van der Waals surface area contributed by atoms with Crippen LogP contribution in [0.2, 0.25) is 0 Å². The largest absolute Gasteiger partial charge is 0.347 e. The SMILES string of the molecule is CC(C)c1nnc2sc(C(=O)NC3CCCC3)nn12. The van der Waals surface area contributed by atoms with Crippen LogP contribution < -0.4 is 5.32 Å². The van der Waals surface area contributed by atoms with Crippen molar-refractivity contribution in [2.75, 3.05) is 0 Å². The standard InChI is InChI=1S/C12H17N5OS/c1-7(2)9-14-15-12-17(9)16-11(19-12)10(18)13-8-5-3-4-6-8/h7-8H,3-6H2,1-2H3,(H,13,18). The summed E-state index contributed by atoms with van der Waals surface area (Å²) in [5.74, 6) is 0.950. The molecule has 2 aromatic heterocycles. The minimum absolute atomic E-state index is 0.0860. The molecule has 0 unspecified atom stereocenters. The minimum atomic E-state index is -0.0860. The average Bonchev–Trinajstić information content (AvgIpc) is 3.02. The zero-order valence-electron chi connectivity index (χ0n) is 11.1. The van der Waals surface area contributed by atoms with E-state index in [-0.39, 0.29) is 11.8 Å². The lowest BCUT2D eigenvalue weighted by molar-refractivity contribution is 0.0936. The molecule has 7 heteroatoms. The van der Waals surface area contributed by atoms with E-state index in [1.807, 2.05) is 13.8 Å². The first kappa shape index (κ1) is 12.5. The summed E-state index contributed by atoms with van der Waals surface area (Å²) in [6.07, 6.45) is 4.56. The van der Waals surface area contributed by atoms with E-state index in [4.69, 9.17) is 0 Å². The summed E-state index contributed by atoms with van der Waals surface area (Å²) < 4.78 is 1.68. The van der Waals surface area contributed by atoms with Crippen LogP contribution in [-0.4, -0.2) is 31.8 Å². The highest BCUT2D eigenvalue weighted by Gasteiger charge is 2.22. The Morgan fingerprint density at radius 3 is 2.79 bits per heavy atom. The maximum Gasteiger partial charge on any atom is 0.282 e. The molecule has 0 saturated heterocycles. The zero-order chi connectivity index (χ0) is 13.4. The van der Waals surface area contributed by atoms with Crippen molar-refractivity contribution in [3.05, 3.63) is 10.8 Å². The number of rotatable bonds is 3. The van der Waals surface area contributed by atoms with Crippen LogP contribution in [0.3, 0.4) is 0 Å². The molecular weight excluding hydrogens is 262 g/mol. The van der Waals surface area contributed by atoms with E-state index >= 15 is 0 Å². The van der Waals surface area contributed by atoms with Crippen molar-refractivity contribution < 1.29 is 4.79 Å². The first-order valence-corrected chi connectivity index (χ1v) is 7.50. The molecule has 1 aliphatic rings. The van der Waals surface area contributed by atoms with E-state index in [1.54, 1.807) is 4.52 Å². The Bertz CT molecular complexity index is 596. The lowest BCUT2D eigenvalue weighted by Gasteiger charge is -2.09. The number of hydrogen-bond donors (Lipinski definition) is 1. The number of carbonyl (C=O) groups is 1. The molecule has 0 aromatic carbocycles. The van der Waals surface area contributed by atoms with Crippen molar-refractivity contribution in [3.8, 4) is 0 Å². The van der Waals surface area contributed by atoms with E-state index in [1.165, 1.54) is 24.2 Å². The monoisotopic (exact) mass is 279 g/mol. The van der Waals surface area contributed by atoms with Gasteiger partial charge in [-0.3, -0.25) is 4.79 Å². The highest BCUT2D eigenvalue weighted by atomic mass is 32.1. The molecule has 0 spiro atoms. The van der Waals surface area contributed by atoms with Crippen LogP contribution in [0.4, 0.5) is 0 Å². The first-order valence-electron chi connectivity index (χ1n) is 6.68. The molecule has 1 N–H and O–H groups in total. The van der Waals surface area contributed by atoms with Gasteiger partial charge >= 0.3 is 0 Å². The summed E-state index contributed by atoms with van der Waals surface area (Å²) in [6, 6.07) is 0.311. The molecule has 0 bridgehead atoms. The molecule has 2 heterocycles. The molecule has 102 valence electrons. The highest BCUT2D eigenvalue weighted by molar-refractivity contribution is 7.18. The number of hydrogen-bond acceptors (Lipinski definition) is 5. The van der Waals surface area contributed by atoms with Gasteiger partial charge < -0.3 is 5.32 Å². The molecule has 0 atom stereocenters. The van der Waals surface area contributed by atoms with Gasteiger partial charge in [0.2, 0.25) is 9.97 Å².